The Morgan fingerprint density at radius 2 is 1.55 bits per heavy atom. The molecule has 0 aliphatic carbocycles. The summed E-state index contributed by atoms with van der Waals surface area (Å²) in [5.41, 5.74) is 1.60. The van der Waals surface area contributed by atoms with Gasteiger partial charge in [-0.25, -0.2) is 12.8 Å². The van der Waals surface area contributed by atoms with Crippen LogP contribution >= 0.6 is 0 Å². The zero-order valence-corrected chi connectivity index (χ0v) is 16.4. The third-order valence-electron chi connectivity index (χ3n) is 4.09. The molecular formula is C21H19FN2O4S. The molecule has 0 atom stereocenters. The molecular weight excluding hydrogens is 395 g/mol. The van der Waals surface area contributed by atoms with E-state index in [0.717, 1.165) is 17.7 Å². The van der Waals surface area contributed by atoms with Crippen molar-refractivity contribution in [2.45, 2.75) is 11.3 Å². The summed E-state index contributed by atoms with van der Waals surface area (Å²) in [7, 11) is -2.29. The van der Waals surface area contributed by atoms with E-state index in [2.05, 4.69) is 10.0 Å². The molecule has 3 aromatic carbocycles. The zero-order chi connectivity index (χ0) is 20.9. The van der Waals surface area contributed by atoms with Gasteiger partial charge in [0.1, 0.15) is 11.6 Å². The van der Waals surface area contributed by atoms with Gasteiger partial charge < -0.3 is 10.1 Å². The normalized spacial score (nSPS) is 11.0. The van der Waals surface area contributed by atoms with Gasteiger partial charge in [0.15, 0.2) is 0 Å². The third kappa shape index (κ3) is 5.32. The van der Waals surface area contributed by atoms with Crippen LogP contribution in [0.2, 0.25) is 0 Å². The second-order valence-electron chi connectivity index (χ2n) is 6.17. The number of nitrogens with one attached hydrogen (secondary N) is 2. The second-order valence-corrected chi connectivity index (χ2v) is 7.86. The molecule has 2 N–H and O–H groups in total. The molecule has 0 unspecified atom stereocenters. The van der Waals surface area contributed by atoms with Crippen LogP contribution in [0.25, 0.3) is 0 Å². The summed E-state index contributed by atoms with van der Waals surface area (Å²) in [6, 6.07) is 18.0. The highest BCUT2D eigenvalue weighted by Crippen LogP contribution is 2.21. The minimum atomic E-state index is -3.83. The van der Waals surface area contributed by atoms with Gasteiger partial charge >= 0.3 is 0 Å². The summed E-state index contributed by atoms with van der Waals surface area (Å²) in [4.78, 5) is 12.2. The number of para-hydroxylation sites is 1. The molecule has 0 aliphatic rings. The summed E-state index contributed by atoms with van der Waals surface area (Å²) in [6.45, 7) is 0. The second kappa shape index (κ2) is 8.74. The average Bonchev–Trinajstić information content (AvgIpc) is 2.70. The first-order valence-corrected chi connectivity index (χ1v) is 10.2. The maximum atomic E-state index is 13.0. The van der Waals surface area contributed by atoms with Crippen LogP contribution in [0.3, 0.4) is 0 Å². The van der Waals surface area contributed by atoms with Crippen LogP contribution in [0.4, 0.5) is 15.8 Å². The van der Waals surface area contributed by atoms with Gasteiger partial charge in [-0.1, -0.05) is 18.2 Å². The number of carbonyl (C=O) groups is 1. The van der Waals surface area contributed by atoms with Gasteiger partial charge in [0.2, 0.25) is 5.91 Å². The molecule has 150 valence electrons. The number of hydrogen-bond donors (Lipinski definition) is 2. The number of ether oxygens (including phenoxy) is 1. The molecule has 6 nitrogen and oxygen atoms in total. The Labute approximate surface area is 168 Å². The Kier molecular flexibility index (Phi) is 6.13. The molecule has 0 saturated carbocycles. The summed E-state index contributed by atoms with van der Waals surface area (Å²) in [6.07, 6.45) is 0.142. The molecule has 0 heterocycles. The van der Waals surface area contributed by atoms with E-state index in [1.165, 1.54) is 24.3 Å². The lowest BCUT2D eigenvalue weighted by molar-refractivity contribution is -0.115. The predicted molar refractivity (Wildman–Crippen MR) is 109 cm³/mol. The minimum absolute atomic E-state index is 0.0481. The number of amides is 1. The van der Waals surface area contributed by atoms with Gasteiger partial charge in [-0.2, -0.15) is 0 Å². The van der Waals surface area contributed by atoms with E-state index in [0.29, 0.717) is 17.1 Å². The van der Waals surface area contributed by atoms with Crippen molar-refractivity contribution in [3.8, 4) is 5.75 Å². The molecule has 0 bridgehead atoms. The van der Waals surface area contributed by atoms with E-state index >= 15 is 0 Å². The molecule has 3 aromatic rings. The lowest BCUT2D eigenvalue weighted by atomic mass is 10.1. The summed E-state index contributed by atoms with van der Waals surface area (Å²) < 4.78 is 45.3. The monoisotopic (exact) mass is 414 g/mol. The van der Waals surface area contributed by atoms with E-state index in [9.17, 15) is 17.6 Å². The molecule has 29 heavy (non-hydrogen) atoms. The molecule has 0 spiro atoms. The fraction of sp³-hybridized carbons (Fsp3) is 0.0952. The largest absolute Gasteiger partial charge is 0.496 e. The number of halogens is 1. The number of anilines is 2. The Hall–Kier alpha value is -3.39. The van der Waals surface area contributed by atoms with Gasteiger partial charge in [0.25, 0.3) is 10.0 Å². The number of methoxy groups -OCH3 is 1. The van der Waals surface area contributed by atoms with E-state index in [-0.39, 0.29) is 17.2 Å². The van der Waals surface area contributed by atoms with E-state index in [1.54, 1.807) is 25.3 Å². The first kappa shape index (κ1) is 20.3. The van der Waals surface area contributed by atoms with Crippen LogP contribution in [0, 0.1) is 5.82 Å². The SMILES string of the molecule is COc1ccccc1CC(=O)Nc1ccc(NS(=O)(=O)c2ccc(F)cc2)cc1. The van der Waals surface area contributed by atoms with Crippen LogP contribution < -0.4 is 14.8 Å². The van der Waals surface area contributed by atoms with E-state index in [1.807, 2.05) is 18.2 Å². The Bertz CT molecular complexity index is 1100. The van der Waals surface area contributed by atoms with Crippen molar-refractivity contribution < 1.29 is 22.3 Å². The molecule has 1 amide bonds. The third-order valence-corrected chi connectivity index (χ3v) is 5.49. The highest BCUT2D eigenvalue weighted by Gasteiger charge is 2.14. The van der Waals surface area contributed by atoms with Gasteiger partial charge in [-0.15, -0.1) is 0 Å². The Morgan fingerprint density at radius 3 is 2.21 bits per heavy atom. The average molecular weight is 414 g/mol. The van der Waals surface area contributed by atoms with Gasteiger partial charge in [-0.3, -0.25) is 9.52 Å². The van der Waals surface area contributed by atoms with Crippen molar-refractivity contribution >= 4 is 27.3 Å². The molecule has 8 heteroatoms. The smallest absolute Gasteiger partial charge is 0.261 e. The van der Waals surface area contributed by atoms with Crippen molar-refractivity contribution in [1.82, 2.24) is 0 Å². The van der Waals surface area contributed by atoms with Gasteiger partial charge in [0, 0.05) is 16.9 Å². The highest BCUT2D eigenvalue weighted by molar-refractivity contribution is 7.92. The number of sulfonamides is 1. The number of benzene rings is 3. The minimum Gasteiger partial charge on any atom is -0.496 e. The molecule has 3 rings (SSSR count). The highest BCUT2D eigenvalue weighted by atomic mass is 32.2. The van der Waals surface area contributed by atoms with Gasteiger partial charge in [-0.05, 0) is 54.6 Å². The molecule has 0 saturated heterocycles. The van der Waals surface area contributed by atoms with E-state index in [4.69, 9.17) is 4.74 Å². The standard InChI is InChI=1S/C21H19FN2O4S/c1-28-20-5-3-2-4-15(20)14-21(25)23-17-8-10-18(11-9-17)24-29(26,27)19-12-6-16(22)7-13-19/h2-13,24H,14H2,1H3,(H,23,25). The maximum Gasteiger partial charge on any atom is 0.261 e. The van der Waals surface area contributed by atoms with Crippen LogP contribution in [0.5, 0.6) is 5.75 Å². The van der Waals surface area contributed by atoms with Crippen molar-refractivity contribution in [3.05, 3.63) is 84.2 Å². The molecule has 0 fully saturated rings. The number of carbonyl (C=O) groups excluding carboxylic acids is 1. The Balaban J connectivity index is 1.64. The van der Waals surface area contributed by atoms with Crippen LogP contribution in [-0.4, -0.2) is 21.4 Å². The number of hydrogen-bond acceptors (Lipinski definition) is 4. The van der Waals surface area contributed by atoms with Crippen LogP contribution in [-0.2, 0) is 21.2 Å². The Morgan fingerprint density at radius 1 is 0.931 bits per heavy atom. The summed E-state index contributed by atoms with van der Waals surface area (Å²) in [5, 5.41) is 2.76. The van der Waals surface area contributed by atoms with Crippen molar-refractivity contribution in [2.75, 3.05) is 17.1 Å². The van der Waals surface area contributed by atoms with Crippen molar-refractivity contribution in [1.29, 1.82) is 0 Å². The first-order valence-electron chi connectivity index (χ1n) is 8.67. The summed E-state index contributed by atoms with van der Waals surface area (Å²) >= 11 is 0. The molecule has 0 aliphatic heterocycles. The summed E-state index contributed by atoms with van der Waals surface area (Å²) in [5.74, 6) is -0.112. The first-order chi connectivity index (χ1) is 13.9. The van der Waals surface area contributed by atoms with Crippen molar-refractivity contribution in [3.63, 3.8) is 0 Å². The lowest BCUT2D eigenvalue weighted by Gasteiger charge is -2.11. The van der Waals surface area contributed by atoms with E-state index < -0.39 is 15.8 Å². The maximum absolute atomic E-state index is 13.0. The quantitative estimate of drug-likeness (QED) is 0.616. The molecule has 0 radical (unpaired) electrons. The fourth-order valence-electron chi connectivity index (χ4n) is 2.68. The lowest BCUT2D eigenvalue weighted by Crippen LogP contribution is -2.15. The van der Waals surface area contributed by atoms with Crippen molar-refractivity contribution in [2.24, 2.45) is 0 Å². The zero-order valence-electron chi connectivity index (χ0n) is 15.6. The molecule has 0 aromatic heterocycles. The van der Waals surface area contributed by atoms with Gasteiger partial charge in [0.05, 0.1) is 18.4 Å². The van der Waals surface area contributed by atoms with Crippen LogP contribution in [0.15, 0.2) is 77.7 Å². The topological polar surface area (TPSA) is 84.5 Å². The fourth-order valence-corrected chi connectivity index (χ4v) is 3.74. The number of rotatable bonds is 7. The predicted octanol–water partition coefficient (Wildman–Crippen LogP) is 3.82. The van der Waals surface area contributed by atoms with Crippen LogP contribution in [0.1, 0.15) is 5.56 Å².